The molecule has 1 aromatic heterocycles. The molecule has 1 saturated heterocycles. The highest BCUT2D eigenvalue weighted by Gasteiger charge is 2.56. The van der Waals surface area contributed by atoms with Gasteiger partial charge in [-0.1, -0.05) is 5.16 Å². The first kappa shape index (κ1) is 21.1. The first-order chi connectivity index (χ1) is 13.9. The Morgan fingerprint density at radius 3 is 2.83 bits per heavy atom. The number of rotatable bonds is 8. The number of nitrogens with two attached hydrogens (primary N) is 1. The van der Waals surface area contributed by atoms with Crippen LogP contribution in [0.15, 0.2) is 21.5 Å². The van der Waals surface area contributed by atoms with Gasteiger partial charge in [0, 0.05) is 12.0 Å². The summed E-state index contributed by atoms with van der Waals surface area (Å²) in [4.78, 5) is 47.0. The van der Waals surface area contributed by atoms with E-state index in [1.54, 1.807) is 17.7 Å². The molecule has 156 valence electrons. The van der Waals surface area contributed by atoms with Crippen molar-refractivity contribution in [2.45, 2.75) is 24.4 Å². The number of thioether (sulfide) groups is 1. The number of fused-ring (bicyclic) bond motifs is 1. The number of β-lactam (4-membered cyclic amide) rings is 1. The Morgan fingerprint density at radius 1 is 1.48 bits per heavy atom. The second-order valence-corrected chi connectivity index (χ2v) is 7.87. The Kier molecular flexibility index (Phi) is 6.39. The molecule has 3 atom stereocenters. The number of ether oxygens (including phenoxy) is 1. The van der Waals surface area contributed by atoms with E-state index in [1.165, 1.54) is 23.8 Å². The average Bonchev–Trinajstić information content (AvgIpc) is 3.13. The van der Waals surface area contributed by atoms with Crippen LogP contribution < -0.4 is 11.1 Å². The van der Waals surface area contributed by atoms with E-state index in [2.05, 4.69) is 15.5 Å². The molecule has 0 bridgehead atoms. The number of carboxylic acids is 1. The van der Waals surface area contributed by atoms with Crippen molar-refractivity contribution in [3.8, 4) is 0 Å². The zero-order chi connectivity index (χ0) is 21.1. The molecule has 0 saturated carbocycles. The number of nitrogens with zero attached hydrogens (tertiary/aromatic N) is 3. The molecule has 2 amide bonds. The summed E-state index contributed by atoms with van der Waals surface area (Å²) in [6.45, 7) is 2.33. The minimum Gasteiger partial charge on any atom is -0.479 e. The van der Waals surface area contributed by atoms with Gasteiger partial charge in [-0.25, -0.2) is 9.78 Å². The van der Waals surface area contributed by atoms with Crippen molar-refractivity contribution in [1.29, 1.82) is 0 Å². The topological polar surface area (TPSA) is 156 Å². The van der Waals surface area contributed by atoms with E-state index >= 15 is 0 Å². The van der Waals surface area contributed by atoms with Crippen molar-refractivity contribution in [2.24, 2.45) is 5.16 Å². The predicted molar refractivity (Wildman–Crippen MR) is 106 cm³/mol. The lowest BCUT2D eigenvalue weighted by atomic mass is 9.98. The van der Waals surface area contributed by atoms with E-state index in [4.69, 9.17) is 15.3 Å². The maximum absolute atomic E-state index is 12.7. The van der Waals surface area contributed by atoms with Gasteiger partial charge < -0.3 is 30.6 Å². The molecule has 1 fully saturated rings. The molecule has 0 spiro atoms. The van der Waals surface area contributed by atoms with Crippen LogP contribution in [0.1, 0.15) is 12.6 Å². The molecule has 0 unspecified atom stereocenters. The Bertz CT molecular complexity index is 885. The second kappa shape index (κ2) is 8.80. The van der Waals surface area contributed by atoms with Crippen LogP contribution >= 0.6 is 23.1 Å². The van der Waals surface area contributed by atoms with Gasteiger partial charge in [-0.2, -0.15) is 0 Å². The monoisotopic (exact) mass is 441 g/mol. The van der Waals surface area contributed by atoms with Crippen molar-refractivity contribution in [2.75, 3.05) is 26.1 Å². The van der Waals surface area contributed by atoms with Gasteiger partial charge >= 0.3 is 5.97 Å². The van der Waals surface area contributed by atoms with Crippen LogP contribution in [0.2, 0.25) is 0 Å². The number of carbonyl (C=O) groups excluding carboxylic acids is 2. The molecule has 11 nitrogen and oxygen atoms in total. The minimum absolute atomic E-state index is 0.115. The first-order valence-corrected chi connectivity index (χ1v) is 10.3. The highest BCUT2D eigenvalue weighted by Crippen LogP contribution is 2.40. The number of nitrogens with one attached hydrogen (secondary N) is 1. The summed E-state index contributed by atoms with van der Waals surface area (Å²) < 4.78 is 5.30. The molecular formula is C16H19N5O6S2. The zero-order valence-corrected chi connectivity index (χ0v) is 17.2. The number of nitrogen functional groups attached to an aromatic ring is 1. The van der Waals surface area contributed by atoms with E-state index in [0.717, 1.165) is 11.3 Å². The zero-order valence-electron chi connectivity index (χ0n) is 15.5. The standard InChI is InChI=1S/C16H19N5O6S2/c1-3-27-4-7-5-28-14-10(13(23)21(14)11(7)15(24)25)19-12(22)9(20-26-2)8-6-29-16(17)18-8/h5-6,10-11,14H,3-4H2,1-2H3,(H2,17,18)(H,19,22)(H,24,25)/b20-9-/t10-,11-,14-/m1/s1. The number of oxime groups is 1. The van der Waals surface area contributed by atoms with Gasteiger partial charge in [-0.05, 0) is 17.9 Å². The molecule has 29 heavy (non-hydrogen) atoms. The maximum atomic E-state index is 12.7. The quantitative estimate of drug-likeness (QED) is 0.283. The molecule has 0 radical (unpaired) electrons. The summed E-state index contributed by atoms with van der Waals surface area (Å²) in [5.41, 5.74) is 6.17. The van der Waals surface area contributed by atoms with Gasteiger partial charge in [-0.15, -0.1) is 23.1 Å². The smallest absolute Gasteiger partial charge is 0.330 e. The highest BCUT2D eigenvalue weighted by atomic mass is 32.2. The van der Waals surface area contributed by atoms with Crippen LogP contribution in [0.4, 0.5) is 5.13 Å². The number of carbonyl (C=O) groups is 3. The number of amides is 2. The van der Waals surface area contributed by atoms with Crippen LogP contribution in [0.5, 0.6) is 0 Å². The number of aliphatic carboxylic acids is 1. The first-order valence-electron chi connectivity index (χ1n) is 8.49. The van der Waals surface area contributed by atoms with E-state index < -0.39 is 35.2 Å². The van der Waals surface area contributed by atoms with Crippen molar-refractivity contribution in [1.82, 2.24) is 15.2 Å². The van der Waals surface area contributed by atoms with Gasteiger partial charge in [-0.3, -0.25) is 9.59 Å². The molecule has 0 aliphatic carbocycles. The van der Waals surface area contributed by atoms with Gasteiger partial charge in [0.1, 0.15) is 24.2 Å². The lowest BCUT2D eigenvalue weighted by molar-refractivity contribution is -0.160. The molecule has 3 heterocycles. The van der Waals surface area contributed by atoms with Crippen LogP contribution in [0.3, 0.4) is 0 Å². The normalized spacial score (nSPS) is 23.7. The molecule has 3 rings (SSSR count). The summed E-state index contributed by atoms with van der Waals surface area (Å²) in [6.07, 6.45) is 0. The third-order valence-corrected chi connectivity index (χ3v) is 6.11. The summed E-state index contributed by atoms with van der Waals surface area (Å²) >= 11 is 2.38. The van der Waals surface area contributed by atoms with Crippen molar-refractivity contribution in [3.05, 3.63) is 22.1 Å². The van der Waals surface area contributed by atoms with Gasteiger partial charge in [0.2, 0.25) is 5.91 Å². The fraction of sp³-hybridized carbons (Fsp3) is 0.438. The number of aromatic nitrogens is 1. The molecule has 2 aliphatic rings. The second-order valence-electron chi connectivity index (χ2n) is 5.99. The summed E-state index contributed by atoms with van der Waals surface area (Å²) in [5.74, 6) is -2.33. The van der Waals surface area contributed by atoms with E-state index in [1.807, 2.05) is 0 Å². The van der Waals surface area contributed by atoms with E-state index in [0.29, 0.717) is 12.2 Å². The third kappa shape index (κ3) is 4.06. The Morgan fingerprint density at radius 2 is 2.24 bits per heavy atom. The molecule has 13 heteroatoms. The number of thiazole rings is 1. The molecule has 4 N–H and O–H groups in total. The average molecular weight is 441 g/mol. The number of carboxylic acid groups (broad SMARTS) is 1. The molecule has 1 aromatic rings. The van der Waals surface area contributed by atoms with Gasteiger partial charge in [0.15, 0.2) is 16.9 Å². The van der Waals surface area contributed by atoms with Gasteiger partial charge in [0.05, 0.1) is 6.61 Å². The van der Waals surface area contributed by atoms with Crippen molar-refractivity contribution >= 4 is 51.7 Å². The fourth-order valence-corrected chi connectivity index (χ4v) is 4.71. The Labute approximate surface area is 173 Å². The lowest BCUT2D eigenvalue weighted by Crippen LogP contribution is -2.74. The van der Waals surface area contributed by atoms with Crippen LogP contribution in [0, 0.1) is 0 Å². The lowest BCUT2D eigenvalue weighted by Gasteiger charge is -2.51. The third-order valence-electron chi connectivity index (χ3n) is 4.22. The number of anilines is 1. The summed E-state index contributed by atoms with van der Waals surface area (Å²) in [6, 6.07) is -2.03. The summed E-state index contributed by atoms with van der Waals surface area (Å²) in [5, 5.41) is 18.8. The van der Waals surface area contributed by atoms with Crippen LogP contribution in [-0.2, 0) is 24.0 Å². The van der Waals surface area contributed by atoms with E-state index in [-0.39, 0.29) is 23.1 Å². The number of hydrogen-bond acceptors (Lipinski definition) is 10. The SMILES string of the molecule is CCOCC1=CS[C@@H]2[C@H](NC(=O)/C(=N\OC)c3csc(N)n3)C(=O)N2[C@H]1C(=O)O. The molecular weight excluding hydrogens is 422 g/mol. The minimum atomic E-state index is -1.15. The number of hydrogen-bond donors (Lipinski definition) is 3. The van der Waals surface area contributed by atoms with Crippen molar-refractivity contribution in [3.63, 3.8) is 0 Å². The van der Waals surface area contributed by atoms with Crippen LogP contribution in [-0.4, -0.2) is 76.3 Å². The van der Waals surface area contributed by atoms with Gasteiger partial charge in [0.25, 0.3) is 5.91 Å². The largest absolute Gasteiger partial charge is 0.479 e. The molecule has 2 aliphatic heterocycles. The van der Waals surface area contributed by atoms with Crippen molar-refractivity contribution < 1.29 is 29.1 Å². The van der Waals surface area contributed by atoms with E-state index in [9.17, 15) is 19.5 Å². The maximum Gasteiger partial charge on any atom is 0.330 e. The van der Waals surface area contributed by atoms with Crippen LogP contribution in [0.25, 0.3) is 0 Å². The summed E-state index contributed by atoms with van der Waals surface area (Å²) in [7, 11) is 1.28. The highest BCUT2D eigenvalue weighted by molar-refractivity contribution is 8.02. The molecule has 0 aromatic carbocycles. The Balaban J connectivity index is 1.76. The fourth-order valence-electron chi connectivity index (χ4n) is 2.95. The Hall–Kier alpha value is -2.64. The predicted octanol–water partition coefficient (Wildman–Crippen LogP) is -0.151.